The molecule has 0 saturated carbocycles. The van der Waals surface area contributed by atoms with Gasteiger partial charge in [0, 0.05) is 30.8 Å². The number of benzene rings is 1. The summed E-state index contributed by atoms with van der Waals surface area (Å²) in [5.41, 5.74) is 1.76. The van der Waals surface area contributed by atoms with Crippen molar-refractivity contribution in [3.63, 3.8) is 0 Å². The molecule has 1 aromatic carbocycles. The van der Waals surface area contributed by atoms with E-state index < -0.39 is 0 Å². The van der Waals surface area contributed by atoms with E-state index in [1.807, 2.05) is 36.1 Å². The van der Waals surface area contributed by atoms with Crippen LogP contribution in [0.4, 0.5) is 0 Å². The maximum Gasteiger partial charge on any atom is 0.254 e. The molecule has 0 radical (unpaired) electrons. The average Bonchev–Trinajstić information content (AvgIpc) is 2.97. The van der Waals surface area contributed by atoms with Crippen LogP contribution in [0.5, 0.6) is 5.88 Å². The zero-order valence-corrected chi connectivity index (χ0v) is 11.9. The second-order valence-corrected chi connectivity index (χ2v) is 5.16. The van der Waals surface area contributed by atoms with Crippen molar-refractivity contribution in [3.8, 4) is 5.88 Å². The molecule has 5 heteroatoms. The number of carbonyl (C=O) groups is 1. The second kappa shape index (κ2) is 5.91. The molecule has 1 aromatic heterocycles. The van der Waals surface area contributed by atoms with Crippen LogP contribution in [0, 0.1) is 6.92 Å². The molecule has 1 fully saturated rings. The molecule has 5 nitrogen and oxygen atoms in total. The lowest BCUT2D eigenvalue weighted by Gasteiger charge is -2.18. The third-order valence-corrected chi connectivity index (χ3v) is 3.64. The van der Waals surface area contributed by atoms with Crippen molar-refractivity contribution in [1.29, 1.82) is 0 Å². The van der Waals surface area contributed by atoms with Crippen molar-refractivity contribution in [1.82, 2.24) is 15.1 Å². The van der Waals surface area contributed by atoms with Crippen molar-refractivity contribution in [2.24, 2.45) is 0 Å². The van der Waals surface area contributed by atoms with Gasteiger partial charge in [-0.1, -0.05) is 18.2 Å². The predicted octanol–water partition coefficient (Wildman–Crippen LogP) is 2.08. The highest BCUT2D eigenvalue weighted by atomic mass is 16.5. The van der Waals surface area contributed by atoms with Crippen molar-refractivity contribution >= 4 is 5.91 Å². The molecule has 1 unspecified atom stereocenters. The highest BCUT2D eigenvalue weighted by Gasteiger charge is 2.29. The van der Waals surface area contributed by atoms with Crippen LogP contribution in [0.1, 0.15) is 22.3 Å². The SMILES string of the molecule is Cc1ccccc1C(=O)N1CCC(Oc2cccnn2)C1. The van der Waals surface area contributed by atoms with Crippen LogP contribution in [0.2, 0.25) is 0 Å². The fourth-order valence-corrected chi connectivity index (χ4v) is 2.51. The van der Waals surface area contributed by atoms with Gasteiger partial charge in [0.1, 0.15) is 6.10 Å². The summed E-state index contributed by atoms with van der Waals surface area (Å²) < 4.78 is 5.75. The van der Waals surface area contributed by atoms with Gasteiger partial charge >= 0.3 is 0 Å². The van der Waals surface area contributed by atoms with Gasteiger partial charge in [-0.25, -0.2) is 0 Å². The van der Waals surface area contributed by atoms with Crippen molar-refractivity contribution < 1.29 is 9.53 Å². The van der Waals surface area contributed by atoms with Gasteiger partial charge in [-0.3, -0.25) is 4.79 Å². The van der Waals surface area contributed by atoms with Crippen LogP contribution in [0.25, 0.3) is 0 Å². The molecule has 0 bridgehead atoms. The molecule has 1 amide bonds. The molecule has 1 atom stereocenters. The van der Waals surface area contributed by atoms with E-state index in [0.717, 1.165) is 17.5 Å². The van der Waals surface area contributed by atoms with Crippen LogP contribution < -0.4 is 4.74 Å². The molecule has 0 aliphatic carbocycles. The first-order valence-corrected chi connectivity index (χ1v) is 7.03. The summed E-state index contributed by atoms with van der Waals surface area (Å²) >= 11 is 0. The third kappa shape index (κ3) is 3.02. The van der Waals surface area contributed by atoms with E-state index in [1.54, 1.807) is 18.3 Å². The van der Waals surface area contributed by atoms with E-state index in [9.17, 15) is 4.79 Å². The Bertz CT molecular complexity index is 630. The third-order valence-electron chi connectivity index (χ3n) is 3.64. The van der Waals surface area contributed by atoms with Gasteiger partial charge in [0.15, 0.2) is 0 Å². The van der Waals surface area contributed by atoms with Crippen molar-refractivity contribution in [2.75, 3.05) is 13.1 Å². The maximum atomic E-state index is 12.5. The summed E-state index contributed by atoms with van der Waals surface area (Å²) in [6, 6.07) is 11.2. The summed E-state index contributed by atoms with van der Waals surface area (Å²) in [7, 11) is 0. The number of likely N-dealkylation sites (tertiary alicyclic amines) is 1. The summed E-state index contributed by atoms with van der Waals surface area (Å²) in [4.78, 5) is 14.3. The number of ether oxygens (including phenoxy) is 1. The Labute approximate surface area is 123 Å². The smallest absolute Gasteiger partial charge is 0.254 e. The topological polar surface area (TPSA) is 55.3 Å². The highest BCUT2D eigenvalue weighted by Crippen LogP contribution is 2.19. The van der Waals surface area contributed by atoms with Crippen LogP contribution in [-0.2, 0) is 0 Å². The molecule has 2 aromatic rings. The van der Waals surface area contributed by atoms with E-state index >= 15 is 0 Å². The van der Waals surface area contributed by atoms with Gasteiger partial charge in [0.2, 0.25) is 5.88 Å². The van der Waals surface area contributed by atoms with Gasteiger partial charge in [-0.2, -0.15) is 5.10 Å². The Hall–Kier alpha value is -2.43. The zero-order chi connectivity index (χ0) is 14.7. The summed E-state index contributed by atoms with van der Waals surface area (Å²) in [5.74, 6) is 0.575. The monoisotopic (exact) mass is 283 g/mol. The number of nitrogens with zero attached hydrogens (tertiary/aromatic N) is 3. The fraction of sp³-hybridized carbons (Fsp3) is 0.312. The second-order valence-electron chi connectivity index (χ2n) is 5.16. The van der Waals surface area contributed by atoms with Gasteiger partial charge in [0.25, 0.3) is 5.91 Å². The Kier molecular flexibility index (Phi) is 3.81. The number of amides is 1. The predicted molar refractivity (Wildman–Crippen MR) is 78.1 cm³/mol. The molecular weight excluding hydrogens is 266 g/mol. The summed E-state index contributed by atoms with van der Waals surface area (Å²) in [5, 5.41) is 7.69. The first kappa shape index (κ1) is 13.5. The van der Waals surface area contributed by atoms with E-state index in [-0.39, 0.29) is 12.0 Å². The molecule has 0 spiro atoms. The molecular formula is C16H17N3O2. The van der Waals surface area contributed by atoms with E-state index in [0.29, 0.717) is 19.0 Å². The van der Waals surface area contributed by atoms with Crippen molar-refractivity contribution in [3.05, 3.63) is 53.7 Å². The lowest BCUT2D eigenvalue weighted by Crippen LogP contribution is -2.31. The van der Waals surface area contributed by atoms with Crippen LogP contribution >= 0.6 is 0 Å². The minimum atomic E-state index is -0.0188. The lowest BCUT2D eigenvalue weighted by atomic mass is 10.1. The van der Waals surface area contributed by atoms with E-state index in [4.69, 9.17) is 4.74 Å². The first-order valence-electron chi connectivity index (χ1n) is 7.03. The number of rotatable bonds is 3. The Balaban J connectivity index is 1.65. The number of aryl methyl sites for hydroxylation is 1. The lowest BCUT2D eigenvalue weighted by molar-refractivity contribution is 0.0770. The number of carbonyl (C=O) groups excluding carboxylic acids is 1. The molecule has 3 rings (SSSR count). The minimum Gasteiger partial charge on any atom is -0.471 e. The molecule has 1 saturated heterocycles. The maximum absolute atomic E-state index is 12.5. The van der Waals surface area contributed by atoms with Crippen LogP contribution in [0.3, 0.4) is 0 Å². The molecule has 0 N–H and O–H groups in total. The van der Waals surface area contributed by atoms with E-state index in [1.165, 1.54) is 0 Å². The van der Waals surface area contributed by atoms with Crippen molar-refractivity contribution in [2.45, 2.75) is 19.4 Å². The highest BCUT2D eigenvalue weighted by molar-refractivity contribution is 5.95. The standard InChI is InChI=1S/C16H17N3O2/c1-12-5-2-3-6-14(12)16(20)19-10-8-13(11-19)21-15-7-4-9-17-18-15/h2-7,9,13H,8,10-11H2,1H3. The molecule has 21 heavy (non-hydrogen) atoms. The number of hydrogen-bond acceptors (Lipinski definition) is 4. The quantitative estimate of drug-likeness (QED) is 0.865. The summed E-state index contributed by atoms with van der Waals surface area (Å²) in [6.45, 7) is 3.25. The zero-order valence-electron chi connectivity index (χ0n) is 11.9. The largest absolute Gasteiger partial charge is 0.471 e. The number of aromatic nitrogens is 2. The Morgan fingerprint density at radius 1 is 1.29 bits per heavy atom. The van der Waals surface area contributed by atoms with Crippen LogP contribution in [-0.4, -0.2) is 40.2 Å². The molecule has 2 heterocycles. The Morgan fingerprint density at radius 2 is 2.14 bits per heavy atom. The number of hydrogen-bond donors (Lipinski definition) is 0. The van der Waals surface area contributed by atoms with Gasteiger partial charge < -0.3 is 9.64 Å². The molecule has 1 aliphatic heterocycles. The molecule has 108 valence electrons. The first-order chi connectivity index (χ1) is 10.2. The van der Waals surface area contributed by atoms with E-state index in [2.05, 4.69) is 10.2 Å². The van der Waals surface area contributed by atoms with Gasteiger partial charge in [-0.05, 0) is 24.6 Å². The van der Waals surface area contributed by atoms with Crippen LogP contribution in [0.15, 0.2) is 42.6 Å². The molecule has 1 aliphatic rings. The fourth-order valence-electron chi connectivity index (χ4n) is 2.51. The minimum absolute atomic E-state index is 0.0188. The summed E-state index contributed by atoms with van der Waals surface area (Å²) in [6.07, 6.45) is 2.40. The Morgan fingerprint density at radius 3 is 2.90 bits per heavy atom. The van der Waals surface area contributed by atoms with Gasteiger partial charge in [0.05, 0.1) is 6.54 Å². The average molecular weight is 283 g/mol. The normalized spacial score (nSPS) is 17.8. The van der Waals surface area contributed by atoms with Gasteiger partial charge in [-0.15, -0.1) is 5.10 Å².